The first kappa shape index (κ1) is 19.0. The lowest BCUT2D eigenvalue weighted by Gasteiger charge is -2.16. The van der Waals surface area contributed by atoms with Gasteiger partial charge in [-0.1, -0.05) is 0 Å². The molecule has 0 saturated carbocycles. The topological polar surface area (TPSA) is 62.3 Å². The number of hydrogen-bond acceptors (Lipinski definition) is 6. The van der Waals surface area contributed by atoms with Crippen LogP contribution in [0.4, 0.5) is 5.69 Å². The van der Waals surface area contributed by atoms with Gasteiger partial charge in [0.25, 0.3) is 0 Å². The maximum Gasteiger partial charge on any atom is 0.242 e. The summed E-state index contributed by atoms with van der Waals surface area (Å²) in [6, 6.07) is 5.47. The Kier molecular flexibility index (Phi) is 5.47. The number of thiophene rings is 1. The molecule has 0 aliphatic heterocycles. The number of sulfonamides is 1. The third-order valence-corrected chi connectivity index (χ3v) is 7.62. The minimum Gasteiger partial charge on any atom is -0.379 e. The van der Waals surface area contributed by atoms with E-state index in [1.807, 2.05) is 24.6 Å². The van der Waals surface area contributed by atoms with Gasteiger partial charge in [0.15, 0.2) is 0 Å². The lowest BCUT2D eigenvalue weighted by Crippen LogP contribution is -2.22. The molecule has 2 aromatic heterocycles. The van der Waals surface area contributed by atoms with Gasteiger partial charge in [0.1, 0.15) is 5.01 Å². The van der Waals surface area contributed by atoms with Crippen molar-refractivity contribution in [3.05, 3.63) is 51.2 Å². The molecule has 8 heteroatoms. The fraction of sp³-hybridized carbons (Fsp3) is 0.278. The minimum atomic E-state index is -3.47. The van der Waals surface area contributed by atoms with Crippen LogP contribution < -0.4 is 5.32 Å². The van der Waals surface area contributed by atoms with Crippen LogP contribution in [0.25, 0.3) is 10.6 Å². The molecule has 0 unspecified atom stereocenters. The van der Waals surface area contributed by atoms with Crippen molar-refractivity contribution in [2.24, 2.45) is 0 Å². The second-order valence-corrected chi connectivity index (χ2v) is 10.00. The van der Waals surface area contributed by atoms with Crippen molar-refractivity contribution < 1.29 is 8.42 Å². The van der Waals surface area contributed by atoms with Gasteiger partial charge in [0.2, 0.25) is 10.0 Å². The number of rotatable bonds is 6. The molecule has 0 saturated heterocycles. The Morgan fingerprint density at radius 1 is 1.19 bits per heavy atom. The highest BCUT2D eigenvalue weighted by Gasteiger charge is 2.19. The minimum absolute atomic E-state index is 0.297. The van der Waals surface area contributed by atoms with E-state index < -0.39 is 10.0 Å². The molecular weight excluding hydrogens is 386 g/mol. The molecule has 0 spiro atoms. The van der Waals surface area contributed by atoms with E-state index in [2.05, 4.69) is 21.7 Å². The number of aryl methyl sites for hydroxylation is 1. The van der Waals surface area contributed by atoms with E-state index in [1.165, 1.54) is 4.31 Å². The first-order valence-electron chi connectivity index (χ1n) is 8.03. The summed E-state index contributed by atoms with van der Waals surface area (Å²) in [6.07, 6.45) is 0. The molecule has 0 fully saturated rings. The zero-order chi connectivity index (χ0) is 18.9. The van der Waals surface area contributed by atoms with E-state index in [9.17, 15) is 8.42 Å². The van der Waals surface area contributed by atoms with Crippen LogP contribution in [-0.4, -0.2) is 31.8 Å². The molecule has 138 valence electrons. The van der Waals surface area contributed by atoms with Gasteiger partial charge in [-0.25, -0.2) is 17.7 Å². The molecule has 0 aliphatic rings. The fourth-order valence-corrected chi connectivity index (χ4v) is 5.01. The second-order valence-electron chi connectivity index (χ2n) is 6.21. The van der Waals surface area contributed by atoms with Crippen LogP contribution in [-0.2, 0) is 16.6 Å². The summed E-state index contributed by atoms with van der Waals surface area (Å²) < 4.78 is 26.1. The Morgan fingerprint density at radius 3 is 2.62 bits per heavy atom. The molecule has 0 aliphatic carbocycles. The molecule has 26 heavy (non-hydrogen) atoms. The fourth-order valence-electron chi connectivity index (χ4n) is 2.46. The lowest BCUT2D eigenvalue weighted by atomic mass is 10.1. The maximum absolute atomic E-state index is 12.4. The number of benzene rings is 1. The highest BCUT2D eigenvalue weighted by Crippen LogP contribution is 2.28. The largest absolute Gasteiger partial charge is 0.379 e. The third kappa shape index (κ3) is 3.83. The normalized spacial score (nSPS) is 11.9. The molecule has 0 amide bonds. The molecule has 0 bridgehead atoms. The highest BCUT2D eigenvalue weighted by molar-refractivity contribution is 7.89. The van der Waals surface area contributed by atoms with E-state index >= 15 is 0 Å². The van der Waals surface area contributed by atoms with Gasteiger partial charge in [-0.15, -0.1) is 11.3 Å². The predicted molar refractivity (Wildman–Crippen MR) is 110 cm³/mol. The van der Waals surface area contributed by atoms with Crippen LogP contribution in [0.1, 0.15) is 16.8 Å². The van der Waals surface area contributed by atoms with Gasteiger partial charge in [0, 0.05) is 36.1 Å². The van der Waals surface area contributed by atoms with Crippen LogP contribution in [0.2, 0.25) is 0 Å². The Morgan fingerprint density at radius 2 is 1.96 bits per heavy atom. The maximum atomic E-state index is 12.4. The van der Waals surface area contributed by atoms with E-state index in [0.717, 1.165) is 33.1 Å². The SMILES string of the molecule is Cc1cc(S(=O)(=O)N(C)C)cc(NCc2csc(-c3ccsc3)n2)c1C. The predicted octanol–water partition coefficient (Wildman–Crippen LogP) is 4.35. The summed E-state index contributed by atoms with van der Waals surface area (Å²) in [5, 5.41) is 10.5. The number of anilines is 1. The van der Waals surface area contributed by atoms with Crippen LogP contribution >= 0.6 is 22.7 Å². The summed E-state index contributed by atoms with van der Waals surface area (Å²) in [4.78, 5) is 4.95. The van der Waals surface area contributed by atoms with Crippen molar-refractivity contribution in [3.8, 4) is 10.6 Å². The second kappa shape index (κ2) is 7.48. The molecule has 1 N–H and O–H groups in total. The Labute approximate surface area is 162 Å². The summed E-state index contributed by atoms with van der Waals surface area (Å²) in [6.45, 7) is 4.46. The molecule has 3 aromatic rings. The number of thiazole rings is 1. The molecule has 3 rings (SSSR count). The van der Waals surface area contributed by atoms with Crippen molar-refractivity contribution in [1.82, 2.24) is 9.29 Å². The first-order valence-corrected chi connectivity index (χ1v) is 11.3. The smallest absolute Gasteiger partial charge is 0.242 e. The third-order valence-electron chi connectivity index (χ3n) is 4.20. The van der Waals surface area contributed by atoms with Gasteiger partial charge in [-0.05, 0) is 48.6 Å². The Hall–Kier alpha value is -1.74. The Bertz CT molecular complexity index is 1010. The zero-order valence-corrected chi connectivity index (χ0v) is 17.6. The number of hydrogen-bond donors (Lipinski definition) is 1. The lowest BCUT2D eigenvalue weighted by molar-refractivity contribution is 0.520. The number of aromatic nitrogens is 1. The molecule has 0 atom stereocenters. The first-order chi connectivity index (χ1) is 12.3. The van der Waals surface area contributed by atoms with E-state index in [1.54, 1.807) is 48.9 Å². The number of nitrogens with zero attached hydrogens (tertiary/aromatic N) is 2. The molecule has 1 aromatic carbocycles. The standard InChI is InChI=1S/C18H21N3O2S3/c1-12-7-16(26(22,23)21(3)4)8-17(13(12)2)19-9-15-11-25-18(20-15)14-5-6-24-10-14/h5-8,10-11,19H,9H2,1-4H3. The summed E-state index contributed by atoms with van der Waals surface area (Å²) >= 11 is 3.27. The van der Waals surface area contributed by atoms with E-state index in [4.69, 9.17) is 0 Å². The quantitative estimate of drug-likeness (QED) is 0.660. The highest BCUT2D eigenvalue weighted by atomic mass is 32.2. The van der Waals surface area contributed by atoms with Crippen molar-refractivity contribution in [3.63, 3.8) is 0 Å². The zero-order valence-electron chi connectivity index (χ0n) is 15.1. The van der Waals surface area contributed by atoms with Crippen LogP contribution in [0.3, 0.4) is 0 Å². The van der Waals surface area contributed by atoms with Crippen molar-refractivity contribution >= 4 is 38.4 Å². The van der Waals surface area contributed by atoms with Crippen molar-refractivity contribution in [2.45, 2.75) is 25.3 Å². The molecule has 2 heterocycles. The van der Waals surface area contributed by atoms with Gasteiger partial charge < -0.3 is 5.32 Å². The van der Waals surface area contributed by atoms with E-state index in [-0.39, 0.29) is 0 Å². The van der Waals surface area contributed by atoms with Crippen LogP contribution in [0.5, 0.6) is 0 Å². The summed E-state index contributed by atoms with van der Waals surface area (Å²) in [5.74, 6) is 0. The van der Waals surface area contributed by atoms with E-state index in [0.29, 0.717) is 11.4 Å². The Balaban J connectivity index is 1.83. The van der Waals surface area contributed by atoms with Crippen LogP contribution in [0, 0.1) is 13.8 Å². The van der Waals surface area contributed by atoms with Gasteiger partial charge in [-0.3, -0.25) is 0 Å². The summed E-state index contributed by atoms with van der Waals surface area (Å²) in [5.41, 5.74) is 4.87. The molecule has 0 radical (unpaired) electrons. The van der Waals surface area contributed by atoms with Crippen LogP contribution in [0.15, 0.2) is 39.2 Å². The van der Waals surface area contributed by atoms with Gasteiger partial charge >= 0.3 is 0 Å². The van der Waals surface area contributed by atoms with Gasteiger partial charge in [0.05, 0.1) is 17.1 Å². The van der Waals surface area contributed by atoms with Crippen molar-refractivity contribution in [1.29, 1.82) is 0 Å². The van der Waals surface area contributed by atoms with Crippen molar-refractivity contribution in [2.75, 3.05) is 19.4 Å². The average Bonchev–Trinajstić information content (AvgIpc) is 3.26. The number of nitrogens with one attached hydrogen (secondary N) is 1. The molecular formula is C18H21N3O2S3. The molecule has 5 nitrogen and oxygen atoms in total. The average molecular weight is 408 g/mol. The summed E-state index contributed by atoms with van der Waals surface area (Å²) in [7, 11) is -0.385. The van der Waals surface area contributed by atoms with Gasteiger partial charge in [-0.2, -0.15) is 11.3 Å². The monoisotopic (exact) mass is 407 g/mol.